The summed E-state index contributed by atoms with van der Waals surface area (Å²) in [5, 5.41) is 0. The second-order valence-electron chi connectivity index (χ2n) is 7.75. The van der Waals surface area contributed by atoms with Crippen LogP contribution in [0.15, 0.2) is 54.6 Å². The Morgan fingerprint density at radius 1 is 0.931 bits per heavy atom. The average Bonchev–Trinajstić information content (AvgIpc) is 2.76. The molecule has 0 aliphatic heterocycles. The average molecular weight is 398 g/mol. The summed E-state index contributed by atoms with van der Waals surface area (Å²) < 4.78 is 11.1. The molecule has 0 bridgehead atoms. The SMILES string of the molecule is [CH2]C(CCCN(C)CCc1ccccc1)N(C)C(Cc1cccc(OC)c1)OC. The van der Waals surface area contributed by atoms with Crippen LogP contribution in [0.1, 0.15) is 24.0 Å². The van der Waals surface area contributed by atoms with Crippen LogP contribution in [0.4, 0.5) is 0 Å². The quantitative estimate of drug-likeness (QED) is 0.471. The van der Waals surface area contributed by atoms with E-state index in [2.05, 4.69) is 73.3 Å². The van der Waals surface area contributed by atoms with Crippen LogP contribution >= 0.6 is 0 Å². The van der Waals surface area contributed by atoms with Gasteiger partial charge in [0.05, 0.1) is 7.11 Å². The van der Waals surface area contributed by atoms with E-state index >= 15 is 0 Å². The molecule has 2 unspecified atom stereocenters. The number of benzene rings is 2. The maximum absolute atomic E-state index is 5.76. The predicted molar refractivity (Wildman–Crippen MR) is 121 cm³/mol. The van der Waals surface area contributed by atoms with Gasteiger partial charge in [-0.2, -0.15) is 0 Å². The van der Waals surface area contributed by atoms with Gasteiger partial charge in [0.25, 0.3) is 0 Å². The van der Waals surface area contributed by atoms with Gasteiger partial charge in [0.1, 0.15) is 12.0 Å². The molecule has 4 heteroatoms. The molecule has 0 amide bonds. The molecule has 29 heavy (non-hydrogen) atoms. The first-order valence-electron chi connectivity index (χ1n) is 10.5. The second-order valence-corrected chi connectivity index (χ2v) is 7.75. The second kappa shape index (κ2) is 12.6. The molecule has 4 nitrogen and oxygen atoms in total. The van der Waals surface area contributed by atoms with Crippen molar-refractivity contribution < 1.29 is 9.47 Å². The molecule has 0 spiro atoms. The molecule has 1 radical (unpaired) electrons. The predicted octanol–water partition coefficient (Wildman–Crippen LogP) is 4.30. The largest absolute Gasteiger partial charge is 0.497 e. The smallest absolute Gasteiger partial charge is 0.119 e. The molecule has 0 heterocycles. The van der Waals surface area contributed by atoms with Crippen LogP contribution < -0.4 is 4.74 Å². The fraction of sp³-hybridized carbons (Fsp3) is 0.480. The molecular formula is C25H37N2O2. The van der Waals surface area contributed by atoms with Gasteiger partial charge in [-0.1, -0.05) is 42.5 Å². The maximum Gasteiger partial charge on any atom is 0.119 e. The van der Waals surface area contributed by atoms with E-state index in [0.29, 0.717) is 0 Å². The van der Waals surface area contributed by atoms with Crippen molar-refractivity contribution in [1.29, 1.82) is 0 Å². The lowest BCUT2D eigenvalue weighted by Crippen LogP contribution is -2.41. The Bertz CT molecular complexity index is 692. The zero-order chi connectivity index (χ0) is 21.1. The van der Waals surface area contributed by atoms with Crippen molar-refractivity contribution in [3.63, 3.8) is 0 Å². The lowest BCUT2D eigenvalue weighted by molar-refractivity contribution is -0.0326. The first kappa shape index (κ1) is 23.4. The van der Waals surface area contributed by atoms with Gasteiger partial charge in [-0.25, -0.2) is 0 Å². The number of likely N-dealkylation sites (N-methyl/N-ethyl adjacent to an activating group) is 2. The Morgan fingerprint density at radius 2 is 1.66 bits per heavy atom. The summed E-state index contributed by atoms with van der Waals surface area (Å²) in [7, 11) is 7.77. The Balaban J connectivity index is 1.73. The third kappa shape index (κ3) is 8.17. The van der Waals surface area contributed by atoms with Crippen LogP contribution in [0.2, 0.25) is 0 Å². The van der Waals surface area contributed by atoms with Gasteiger partial charge in [-0.15, -0.1) is 0 Å². The first-order chi connectivity index (χ1) is 14.0. The van der Waals surface area contributed by atoms with Crippen molar-refractivity contribution in [3.05, 3.63) is 72.6 Å². The summed E-state index contributed by atoms with van der Waals surface area (Å²) in [5.41, 5.74) is 2.60. The normalized spacial score (nSPS) is 13.6. The minimum Gasteiger partial charge on any atom is -0.497 e. The highest BCUT2D eigenvalue weighted by Gasteiger charge is 2.20. The first-order valence-corrected chi connectivity index (χ1v) is 10.5. The van der Waals surface area contributed by atoms with E-state index in [9.17, 15) is 0 Å². The van der Waals surface area contributed by atoms with E-state index in [-0.39, 0.29) is 12.3 Å². The summed E-state index contributed by atoms with van der Waals surface area (Å²) in [6.45, 7) is 6.54. The van der Waals surface area contributed by atoms with Crippen molar-refractivity contribution in [2.45, 2.75) is 38.0 Å². The molecule has 2 aromatic rings. The van der Waals surface area contributed by atoms with Crippen molar-refractivity contribution >= 4 is 0 Å². The number of rotatable bonds is 13. The lowest BCUT2D eigenvalue weighted by atomic mass is 10.1. The minimum absolute atomic E-state index is 0.000386. The molecule has 0 saturated heterocycles. The molecular weight excluding hydrogens is 360 g/mol. The van der Waals surface area contributed by atoms with Gasteiger partial charge >= 0.3 is 0 Å². The van der Waals surface area contributed by atoms with E-state index in [4.69, 9.17) is 9.47 Å². The standard InChI is InChI=1S/C25H37N2O2/c1-21(11-10-17-26(2)18-16-22-12-7-6-8-13-22)27(3)25(29-5)20-23-14-9-15-24(19-23)28-4/h6-9,12-15,19,21,25H,1,10-11,16-18,20H2,2-5H3. The Morgan fingerprint density at radius 3 is 2.34 bits per heavy atom. The van der Waals surface area contributed by atoms with Gasteiger partial charge in [0.15, 0.2) is 0 Å². The Kier molecular flexibility index (Phi) is 10.2. The molecule has 0 aliphatic rings. The van der Waals surface area contributed by atoms with Gasteiger partial charge in [0, 0.05) is 26.1 Å². The van der Waals surface area contributed by atoms with E-state index < -0.39 is 0 Å². The number of hydrogen-bond donors (Lipinski definition) is 0. The molecule has 159 valence electrons. The number of ether oxygens (including phenoxy) is 2. The van der Waals surface area contributed by atoms with Crippen LogP contribution in [-0.4, -0.2) is 63.5 Å². The topological polar surface area (TPSA) is 24.9 Å². The third-order valence-corrected chi connectivity index (χ3v) is 5.55. The van der Waals surface area contributed by atoms with Gasteiger partial charge in [0.2, 0.25) is 0 Å². The molecule has 0 fully saturated rings. The maximum atomic E-state index is 5.76. The Labute approximate surface area is 177 Å². The van der Waals surface area contributed by atoms with Crippen LogP contribution in [0.25, 0.3) is 0 Å². The fourth-order valence-electron chi connectivity index (χ4n) is 3.51. The van der Waals surface area contributed by atoms with Crippen LogP contribution in [0.3, 0.4) is 0 Å². The highest BCUT2D eigenvalue weighted by Crippen LogP contribution is 2.18. The minimum atomic E-state index is 0.000386. The highest BCUT2D eigenvalue weighted by molar-refractivity contribution is 5.28. The molecule has 2 aromatic carbocycles. The summed E-state index contributed by atoms with van der Waals surface area (Å²) in [5.74, 6) is 0.879. The van der Waals surface area contributed by atoms with E-state index in [1.807, 2.05) is 12.1 Å². The third-order valence-electron chi connectivity index (χ3n) is 5.55. The van der Waals surface area contributed by atoms with Crippen LogP contribution in [-0.2, 0) is 17.6 Å². The molecule has 0 aliphatic carbocycles. The van der Waals surface area contributed by atoms with Crippen molar-refractivity contribution in [2.24, 2.45) is 0 Å². The molecule has 0 saturated carbocycles. The van der Waals surface area contributed by atoms with E-state index in [1.165, 1.54) is 11.1 Å². The zero-order valence-electron chi connectivity index (χ0n) is 18.5. The number of hydrogen-bond acceptors (Lipinski definition) is 4. The van der Waals surface area contributed by atoms with Crippen molar-refractivity contribution in [2.75, 3.05) is 41.4 Å². The molecule has 2 rings (SSSR count). The van der Waals surface area contributed by atoms with Gasteiger partial charge in [-0.3, -0.25) is 4.90 Å². The van der Waals surface area contributed by atoms with E-state index in [1.54, 1.807) is 14.2 Å². The fourth-order valence-corrected chi connectivity index (χ4v) is 3.51. The van der Waals surface area contributed by atoms with Crippen molar-refractivity contribution in [3.8, 4) is 5.75 Å². The summed E-state index contributed by atoms with van der Waals surface area (Å²) in [6.07, 6.45) is 4.08. The lowest BCUT2D eigenvalue weighted by Gasteiger charge is -2.32. The van der Waals surface area contributed by atoms with Crippen LogP contribution in [0, 0.1) is 6.92 Å². The summed E-state index contributed by atoms with van der Waals surface area (Å²) in [6, 6.07) is 19.1. The summed E-state index contributed by atoms with van der Waals surface area (Å²) in [4.78, 5) is 4.65. The molecule has 2 atom stereocenters. The zero-order valence-corrected chi connectivity index (χ0v) is 18.5. The van der Waals surface area contributed by atoms with Crippen LogP contribution in [0.5, 0.6) is 5.75 Å². The Hall–Kier alpha value is -1.88. The molecule has 0 aromatic heterocycles. The van der Waals surface area contributed by atoms with Crippen molar-refractivity contribution in [1.82, 2.24) is 9.80 Å². The van der Waals surface area contributed by atoms with E-state index in [0.717, 1.165) is 44.5 Å². The monoisotopic (exact) mass is 397 g/mol. The molecule has 0 N–H and O–H groups in total. The number of methoxy groups -OCH3 is 2. The van der Waals surface area contributed by atoms with Gasteiger partial charge < -0.3 is 14.4 Å². The number of nitrogens with zero attached hydrogens (tertiary/aromatic N) is 2. The van der Waals surface area contributed by atoms with Gasteiger partial charge in [-0.05, 0) is 70.1 Å². The summed E-state index contributed by atoms with van der Waals surface area (Å²) >= 11 is 0. The highest BCUT2D eigenvalue weighted by atomic mass is 16.5.